The van der Waals surface area contributed by atoms with Gasteiger partial charge in [-0.25, -0.2) is 9.97 Å². The molecule has 1 rings (SSSR count). The van der Waals surface area contributed by atoms with Crippen molar-refractivity contribution < 1.29 is 4.74 Å². The van der Waals surface area contributed by atoms with Crippen LogP contribution < -0.4 is 0 Å². The molecule has 0 unspecified atom stereocenters. The van der Waals surface area contributed by atoms with E-state index in [1.807, 2.05) is 27.0 Å². The molecule has 3 nitrogen and oxygen atoms in total. The van der Waals surface area contributed by atoms with Crippen molar-refractivity contribution in [2.75, 3.05) is 6.61 Å². The summed E-state index contributed by atoms with van der Waals surface area (Å²) in [6.45, 7) is 10.9. The number of nitrogens with zero attached hydrogens (tertiary/aromatic N) is 2. The first-order valence-electron chi connectivity index (χ1n) is 4.71. The van der Waals surface area contributed by atoms with E-state index in [0.29, 0.717) is 19.0 Å². The van der Waals surface area contributed by atoms with Gasteiger partial charge in [0.1, 0.15) is 0 Å². The molecule has 14 heavy (non-hydrogen) atoms. The van der Waals surface area contributed by atoms with E-state index >= 15 is 0 Å². The Bertz CT molecular complexity index is 334. The predicted octanol–water partition coefficient (Wildman–Crippen LogP) is 2.35. The Morgan fingerprint density at radius 3 is 2.79 bits per heavy atom. The summed E-state index contributed by atoms with van der Waals surface area (Å²) in [5.41, 5.74) is 2.89. The van der Waals surface area contributed by atoms with Crippen LogP contribution in [0.4, 0.5) is 0 Å². The molecule has 0 fully saturated rings. The number of hydrogen-bond acceptors (Lipinski definition) is 3. The van der Waals surface area contributed by atoms with Gasteiger partial charge in [0.05, 0.1) is 6.61 Å². The molecule has 0 saturated heterocycles. The molecule has 1 heterocycles. The van der Waals surface area contributed by atoms with Crippen molar-refractivity contribution in [3.05, 3.63) is 29.9 Å². The molecule has 0 N–H and O–H groups in total. The zero-order valence-corrected chi connectivity index (χ0v) is 9.00. The Morgan fingerprint density at radius 1 is 1.57 bits per heavy atom. The summed E-state index contributed by atoms with van der Waals surface area (Å²) in [6, 6.07) is 0. The van der Waals surface area contributed by atoms with Crippen molar-refractivity contribution in [2.45, 2.75) is 27.4 Å². The Balaban J connectivity index is 2.84. The lowest BCUT2D eigenvalue weighted by Gasteiger charge is -2.06. The first-order chi connectivity index (χ1) is 6.65. The van der Waals surface area contributed by atoms with E-state index in [9.17, 15) is 0 Å². The number of allylic oxidation sites excluding steroid dienone is 1. The highest BCUT2D eigenvalue weighted by molar-refractivity contribution is 5.54. The van der Waals surface area contributed by atoms with Gasteiger partial charge in [0.2, 0.25) is 0 Å². The average molecular weight is 192 g/mol. The molecular formula is C11H16N2O. The fraction of sp³-hybridized carbons (Fsp3) is 0.455. The third-order valence-electron chi connectivity index (χ3n) is 1.92. The van der Waals surface area contributed by atoms with Crippen LogP contribution in [0.25, 0.3) is 5.57 Å². The molecule has 0 atom stereocenters. The fourth-order valence-electron chi connectivity index (χ4n) is 1.05. The monoisotopic (exact) mass is 192 g/mol. The summed E-state index contributed by atoms with van der Waals surface area (Å²) < 4.78 is 5.30. The number of hydrogen-bond donors (Lipinski definition) is 0. The lowest BCUT2D eigenvalue weighted by molar-refractivity contribution is 0.133. The van der Waals surface area contributed by atoms with Gasteiger partial charge in [-0.2, -0.15) is 0 Å². The number of aryl methyl sites for hydroxylation is 1. The molecule has 76 valence electrons. The van der Waals surface area contributed by atoms with Crippen LogP contribution in [0.1, 0.15) is 30.9 Å². The largest absolute Gasteiger partial charge is 0.377 e. The van der Waals surface area contributed by atoms with Gasteiger partial charge in [0.25, 0.3) is 0 Å². The molecule has 1 aromatic heterocycles. The summed E-state index contributed by atoms with van der Waals surface area (Å²) in [5, 5.41) is 0. The Kier molecular flexibility index (Phi) is 3.77. The van der Waals surface area contributed by atoms with Gasteiger partial charge in [-0.3, -0.25) is 0 Å². The van der Waals surface area contributed by atoms with Gasteiger partial charge >= 0.3 is 0 Å². The van der Waals surface area contributed by atoms with Crippen molar-refractivity contribution in [3.63, 3.8) is 0 Å². The maximum atomic E-state index is 5.30. The van der Waals surface area contributed by atoms with Gasteiger partial charge < -0.3 is 4.74 Å². The second kappa shape index (κ2) is 4.86. The summed E-state index contributed by atoms with van der Waals surface area (Å²) in [7, 11) is 0. The van der Waals surface area contributed by atoms with Crippen LogP contribution >= 0.6 is 0 Å². The maximum absolute atomic E-state index is 5.30. The molecule has 0 aliphatic carbocycles. The van der Waals surface area contributed by atoms with Crippen molar-refractivity contribution in [3.8, 4) is 0 Å². The number of ether oxygens (including phenoxy) is 1. The van der Waals surface area contributed by atoms with Crippen LogP contribution in [-0.2, 0) is 11.3 Å². The summed E-state index contributed by atoms with van der Waals surface area (Å²) in [5.74, 6) is 0.711. The first kappa shape index (κ1) is 10.9. The quantitative estimate of drug-likeness (QED) is 0.734. The van der Waals surface area contributed by atoms with E-state index in [1.54, 1.807) is 0 Å². The highest BCUT2D eigenvalue weighted by Gasteiger charge is 2.03. The van der Waals surface area contributed by atoms with E-state index in [0.717, 1.165) is 16.8 Å². The molecule has 0 aliphatic rings. The standard InChI is InChI=1S/C11H16N2O/c1-5-14-7-10-6-12-11(8(2)3)13-9(10)4/h6H,2,5,7H2,1,3-4H3. The average Bonchev–Trinajstić information content (AvgIpc) is 2.15. The maximum Gasteiger partial charge on any atom is 0.154 e. The lowest BCUT2D eigenvalue weighted by Crippen LogP contribution is -2.01. The Hall–Kier alpha value is -1.22. The molecule has 0 aromatic carbocycles. The zero-order chi connectivity index (χ0) is 10.6. The second-order valence-corrected chi connectivity index (χ2v) is 3.22. The third kappa shape index (κ3) is 2.64. The minimum atomic E-state index is 0.582. The highest BCUT2D eigenvalue weighted by atomic mass is 16.5. The molecule has 0 radical (unpaired) electrons. The van der Waals surface area contributed by atoms with Crippen molar-refractivity contribution in [2.24, 2.45) is 0 Å². The normalized spacial score (nSPS) is 10.2. The van der Waals surface area contributed by atoms with Crippen LogP contribution in [-0.4, -0.2) is 16.6 Å². The minimum Gasteiger partial charge on any atom is -0.377 e. The van der Waals surface area contributed by atoms with Crippen molar-refractivity contribution in [1.82, 2.24) is 9.97 Å². The van der Waals surface area contributed by atoms with E-state index in [4.69, 9.17) is 4.74 Å². The number of rotatable bonds is 4. The van der Waals surface area contributed by atoms with Crippen LogP contribution in [0.15, 0.2) is 12.8 Å². The fourth-order valence-corrected chi connectivity index (χ4v) is 1.05. The van der Waals surface area contributed by atoms with E-state index in [-0.39, 0.29) is 0 Å². The van der Waals surface area contributed by atoms with E-state index in [2.05, 4.69) is 16.5 Å². The topological polar surface area (TPSA) is 35.0 Å². The Morgan fingerprint density at radius 2 is 2.29 bits per heavy atom. The van der Waals surface area contributed by atoms with Crippen LogP contribution in [0.5, 0.6) is 0 Å². The number of aromatic nitrogens is 2. The first-order valence-corrected chi connectivity index (χ1v) is 4.71. The van der Waals surface area contributed by atoms with Crippen LogP contribution in [0.2, 0.25) is 0 Å². The molecule has 0 spiro atoms. The summed E-state index contributed by atoms with van der Waals surface area (Å²) in [6.07, 6.45) is 1.81. The zero-order valence-electron chi connectivity index (χ0n) is 9.00. The van der Waals surface area contributed by atoms with Gasteiger partial charge in [0, 0.05) is 24.1 Å². The third-order valence-corrected chi connectivity index (χ3v) is 1.92. The molecule has 0 bridgehead atoms. The van der Waals surface area contributed by atoms with Crippen LogP contribution in [0.3, 0.4) is 0 Å². The molecular weight excluding hydrogens is 176 g/mol. The molecule has 0 saturated carbocycles. The van der Waals surface area contributed by atoms with Crippen LogP contribution in [0, 0.1) is 6.92 Å². The van der Waals surface area contributed by atoms with Crippen molar-refractivity contribution in [1.29, 1.82) is 0 Å². The highest BCUT2D eigenvalue weighted by Crippen LogP contribution is 2.10. The molecule has 0 aliphatic heterocycles. The van der Waals surface area contributed by atoms with Crippen molar-refractivity contribution >= 4 is 5.57 Å². The smallest absolute Gasteiger partial charge is 0.154 e. The predicted molar refractivity (Wildman–Crippen MR) is 56.8 cm³/mol. The Labute approximate surface area is 84.8 Å². The second-order valence-electron chi connectivity index (χ2n) is 3.22. The molecule has 3 heteroatoms. The SMILES string of the molecule is C=C(C)c1ncc(COCC)c(C)n1. The van der Waals surface area contributed by atoms with Gasteiger partial charge in [-0.1, -0.05) is 6.58 Å². The summed E-state index contributed by atoms with van der Waals surface area (Å²) in [4.78, 5) is 8.54. The molecule has 1 aromatic rings. The van der Waals surface area contributed by atoms with Gasteiger partial charge in [-0.05, 0) is 26.3 Å². The van der Waals surface area contributed by atoms with Gasteiger partial charge in [-0.15, -0.1) is 0 Å². The van der Waals surface area contributed by atoms with E-state index in [1.165, 1.54) is 0 Å². The lowest BCUT2D eigenvalue weighted by atomic mass is 10.2. The minimum absolute atomic E-state index is 0.582. The molecule has 0 amide bonds. The van der Waals surface area contributed by atoms with E-state index < -0.39 is 0 Å². The summed E-state index contributed by atoms with van der Waals surface area (Å²) >= 11 is 0. The van der Waals surface area contributed by atoms with Gasteiger partial charge in [0.15, 0.2) is 5.82 Å².